The summed E-state index contributed by atoms with van der Waals surface area (Å²) in [5.41, 5.74) is -0.113. The maximum Gasteiger partial charge on any atom is 0.339 e. The van der Waals surface area contributed by atoms with Crippen LogP contribution in [-0.2, 0) is 9.53 Å². The van der Waals surface area contributed by atoms with Crippen molar-refractivity contribution >= 4 is 34.0 Å². The van der Waals surface area contributed by atoms with E-state index in [4.69, 9.17) is 4.42 Å². The van der Waals surface area contributed by atoms with Crippen molar-refractivity contribution in [2.75, 3.05) is 7.11 Å². The maximum atomic E-state index is 12.6. The highest BCUT2D eigenvalue weighted by atomic mass is 16.5. The number of nitrogens with zero attached hydrogens (tertiary/aromatic N) is 1. The second-order valence-corrected chi connectivity index (χ2v) is 5.25. The molecule has 0 saturated heterocycles. The lowest BCUT2D eigenvalue weighted by Crippen LogP contribution is -2.17. The van der Waals surface area contributed by atoms with E-state index in [-0.39, 0.29) is 27.8 Å². The van der Waals surface area contributed by atoms with Gasteiger partial charge in [-0.3, -0.25) is 9.59 Å². The smallest absolute Gasteiger partial charge is 0.339 e. The minimum atomic E-state index is -1.16. The summed E-state index contributed by atoms with van der Waals surface area (Å²) < 4.78 is 10.3. The van der Waals surface area contributed by atoms with Crippen LogP contribution in [0.3, 0.4) is 0 Å². The number of benzene rings is 1. The normalized spacial score (nSPS) is 12.2. The molecule has 0 spiro atoms. The largest absolute Gasteiger partial charge is 0.481 e. The van der Waals surface area contributed by atoms with Crippen LogP contribution in [0, 0.1) is 0 Å². The molecule has 7 heteroatoms. The Morgan fingerprint density at radius 2 is 1.96 bits per heavy atom. The number of aliphatic carboxylic acids is 1. The van der Waals surface area contributed by atoms with E-state index in [1.807, 2.05) is 0 Å². The second kappa shape index (κ2) is 5.77. The Morgan fingerprint density at radius 1 is 1.25 bits per heavy atom. The predicted octanol–water partition coefficient (Wildman–Crippen LogP) is 2.32. The molecule has 1 unspecified atom stereocenters. The zero-order valence-electron chi connectivity index (χ0n) is 12.9. The number of pyridine rings is 1. The molecule has 2 heterocycles. The highest BCUT2D eigenvalue weighted by Crippen LogP contribution is 2.24. The molecule has 0 bridgehead atoms. The predicted molar refractivity (Wildman–Crippen MR) is 85.2 cm³/mol. The number of fused-ring (bicyclic) bond motifs is 2. The molecule has 0 radical (unpaired) electrons. The molecular formula is C17H13NO6. The van der Waals surface area contributed by atoms with Crippen molar-refractivity contribution in [3.63, 3.8) is 0 Å². The van der Waals surface area contributed by atoms with E-state index < -0.39 is 17.9 Å². The quantitative estimate of drug-likeness (QED) is 0.581. The van der Waals surface area contributed by atoms with E-state index in [0.717, 1.165) is 0 Å². The van der Waals surface area contributed by atoms with E-state index in [2.05, 4.69) is 9.72 Å². The summed E-state index contributed by atoms with van der Waals surface area (Å²) in [6, 6.07) is 7.90. The van der Waals surface area contributed by atoms with Gasteiger partial charge in [0, 0.05) is 0 Å². The van der Waals surface area contributed by atoms with Gasteiger partial charge in [-0.25, -0.2) is 9.78 Å². The summed E-state index contributed by atoms with van der Waals surface area (Å²) in [6.45, 7) is 1.39. The molecule has 1 atom stereocenters. The molecule has 0 aliphatic rings. The number of carboxylic acid groups (broad SMARTS) is 1. The summed E-state index contributed by atoms with van der Waals surface area (Å²) in [6.07, 6.45) is 0. The van der Waals surface area contributed by atoms with Crippen molar-refractivity contribution in [3.8, 4) is 0 Å². The molecule has 0 fully saturated rings. The Balaban J connectivity index is 2.42. The number of esters is 1. The number of carboxylic acids is 1. The third-order valence-corrected chi connectivity index (χ3v) is 3.79. The number of ether oxygens (including phenoxy) is 1. The van der Waals surface area contributed by atoms with E-state index in [9.17, 15) is 19.5 Å². The minimum Gasteiger partial charge on any atom is -0.481 e. The van der Waals surface area contributed by atoms with Crippen molar-refractivity contribution in [3.05, 3.63) is 51.8 Å². The number of carbonyl (C=O) groups is 2. The minimum absolute atomic E-state index is 0.0136. The molecule has 3 aromatic rings. The van der Waals surface area contributed by atoms with Gasteiger partial charge in [0.05, 0.1) is 35.1 Å². The number of aromatic nitrogens is 1. The zero-order chi connectivity index (χ0) is 17.4. The summed E-state index contributed by atoms with van der Waals surface area (Å²) >= 11 is 0. The van der Waals surface area contributed by atoms with Gasteiger partial charge in [-0.05, 0) is 25.1 Å². The Labute approximate surface area is 135 Å². The maximum absolute atomic E-state index is 12.6. The lowest BCUT2D eigenvalue weighted by molar-refractivity contribution is -0.138. The van der Waals surface area contributed by atoms with Gasteiger partial charge in [0.15, 0.2) is 0 Å². The van der Waals surface area contributed by atoms with Crippen molar-refractivity contribution in [2.45, 2.75) is 12.8 Å². The van der Waals surface area contributed by atoms with Gasteiger partial charge in [0.1, 0.15) is 5.58 Å². The summed E-state index contributed by atoms with van der Waals surface area (Å²) in [7, 11) is 1.17. The fourth-order valence-corrected chi connectivity index (χ4v) is 2.46. The number of rotatable bonds is 3. The van der Waals surface area contributed by atoms with E-state index in [0.29, 0.717) is 11.0 Å². The lowest BCUT2D eigenvalue weighted by atomic mass is 10.0. The van der Waals surface area contributed by atoms with Gasteiger partial charge in [0.25, 0.3) is 0 Å². The molecule has 0 aliphatic heterocycles. The first-order chi connectivity index (χ1) is 11.4. The zero-order valence-corrected chi connectivity index (χ0v) is 12.9. The third-order valence-electron chi connectivity index (χ3n) is 3.79. The number of methoxy groups -OCH3 is 1. The first kappa shape index (κ1) is 15.7. The second-order valence-electron chi connectivity index (χ2n) is 5.25. The average molecular weight is 327 g/mol. The van der Waals surface area contributed by atoms with Crippen LogP contribution in [0.4, 0.5) is 0 Å². The number of hydrogen-bond donors (Lipinski definition) is 1. The topological polar surface area (TPSA) is 107 Å². The molecular weight excluding hydrogens is 314 g/mol. The van der Waals surface area contributed by atoms with Gasteiger partial charge in [-0.1, -0.05) is 12.1 Å². The standard InChI is InChI=1S/C17H13NO6/c1-8(16(20)21)13-10(17(22)23-2)7-11-14(19)9-5-3-4-6-12(9)24-15(11)18-13/h3-8H,1-2H3,(H,20,21). The van der Waals surface area contributed by atoms with Crippen LogP contribution in [0.5, 0.6) is 0 Å². The number of para-hydroxylation sites is 1. The molecule has 2 aromatic heterocycles. The third kappa shape index (κ3) is 2.40. The van der Waals surface area contributed by atoms with E-state index in [1.165, 1.54) is 20.1 Å². The fraction of sp³-hybridized carbons (Fsp3) is 0.176. The highest BCUT2D eigenvalue weighted by Gasteiger charge is 2.25. The molecule has 0 amide bonds. The highest BCUT2D eigenvalue weighted by molar-refractivity contribution is 5.97. The summed E-state index contributed by atoms with van der Waals surface area (Å²) in [4.78, 5) is 40.0. The first-order valence-corrected chi connectivity index (χ1v) is 7.11. The molecule has 1 aromatic carbocycles. The van der Waals surface area contributed by atoms with Crippen molar-refractivity contribution in [1.29, 1.82) is 0 Å². The van der Waals surface area contributed by atoms with Crippen LogP contribution >= 0.6 is 0 Å². The molecule has 0 saturated carbocycles. The van der Waals surface area contributed by atoms with Crippen LogP contribution in [0.25, 0.3) is 22.1 Å². The SMILES string of the molecule is COC(=O)c1cc2c(=O)c3ccccc3oc2nc1C(C)C(=O)O. The fourth-order valence-electron chi connectivity index (χ4n) is 2.46. The van der Waals surface area contributed by atoms with Crippen LogP contribution in [0.15, 0.2) is 39.5 Å². The van der Waals surface area contributed by atoms with Crippen LogP contribution in [0.1, 0.15) is 28.9 Å². The Bertz CT molecular complexity index is 1040. The monoisotopic (exact) mass is 327 g/mol. The van der Waals surface area contributed by atoms with Gasteiger partial charge in [-0.15, -0.1) is 0 Å². The molecule has 1 N–H and O–H groups in total. The Hall–Kier alpha value is -3.22. The van der Waals surface area contributed by atoms with Gasteiger partial charge < -0.3 is 14.3 Å². The Kier molecular flexibility index (Phi) is 3.76. The van der Waals surface area contributed by atoms with Crippen molar-refractivity contribution < 1.29 is 23.8 Å². The van der Waals surface area contributed by atoms with Crippen LogP contribution in [0.2, 0.25) is 0 Å². The first-order valence-electron chi connectivity index (χ1n) is 7.11. The molecule has 3 rings (SSSR count). The molecule has 122 valence electrons. The van der Waals surface area contributed by atoms with Gasteiger partial charge in [-0.2, -0.15) is 0 Å². The van der Waals surface area contributed by atoms with E-state index >= 15 is 0 Å². The van der Waals surface area contributed by atoms with Crippen LogP contribution < -0.4 is 5.43 Å². The number of carbonyl (C=O) groups excluding carboxylic acids is 1. The number of hydrogen-bond acceptors (Lipinski definition) is 6. The summed E-state index contributed by atoms with van der Waals surface area (Å²) in [5.74, 6) is -2.99. The average Bonchev–Trinajstić information content (AvgIpc) is 2.59. The van der Waals surface area contributed by atoms with Crippen molar-refractivity contribution in [2.24, 2.45) is 0 Å². The Morgan fingerprint density at radius 3 is 2.62 bits per heavy atom. The molecule has 24 heavy (non-hydrogen) atoms. The van der Waals surface area contributed by atoms with Crippen LogP contribution in [-0.4, -0.2) is 29.1 Å². The molecule has 0 aliphatic carbocycles. The van der Waals surface area contributed by atoms with E-state index in [1.54, 1.807) is 24.3 Å². The lowest BCUT2D eigenvalue weighted by Gasteiger charge is -2.12. The van der Waals surface area contributed by atoms with Crippen molar-refractivity contribution in [1.82, 2.24) is 4.98 Å². The van der Waals surface area contributed by atoms with Gasteiger partial charge in [0.2, 0.25) is 11.1 Å². The van der Waals surface area contributed by atoms with Gasteiger partial charge >= 0.3 is 11.9 Å². The summed E-state index contributed by atoms with van der Waals surface area (Å²) in [5, 5.41) is 9.67. The molecule has 7 nitrogen and oxygen atoms in total.